The number of anilines is 3. The highest BCUT2D eigenvalue weighted by molar-refractivity contribution is 5.51. The lowest BCUT2D eigenvalue weighted by Crippen LogP contribution is -2.35. The highest BCUT2D eigenvalue weighted by Gasteiger charge is 2.24. The summed E-state index contributed by atoms with van der Waals surface area (Å²) in [5, 5.41) is 3.20. The number of nitrogens with zero attached hydrogens (tertiary/aromatic N) is 7. The molecule has 26 heavy (non-hydrogen) atoms. The first-order valence-electron chi connectivity index (χ1n) is 8.68. The SMILES string of the molecule is Cc1nc(Nc2cnccn2)cc([C@H]2CCCN(c3ncccn3)C2)n1. The first-order chi connectivity index (χ1) is 12.8. The van der Waals surface area contributed by atoms with Gasteiger partial charge in [-0.05, 0) is 25.8 Å². The number of aromatic nitrogens is 6. The molecule has 8 heteroatoms. The van der Waals surface area contributed by atoms with Crippen LogP contribution in [0.1, 0.15) is 30.3 Å². The molecule has 4 rings (SSSR count). The first-order valence-corrected chi connectivity index (χ1v) is 8.68. The average molecular weight is 348 g/mol. The van der Waals surface area contributed by atoms with Crippen molar-refractivity contribution in [2.45, 2.75) is 25.7 Å². The Labute approximate surface area is 151 Å². The van der Waals surface area contributed by atoms with Crippen molar-refractivity contribution >= 4 is 17.6 Å². The standard InChI is InChI=1S/C18H20N8/c1-13-23-15(10-16(24-13)25-17-11-19-7-8-20-17)14-4-2-9-26(12-14)18-21-5-3-6-22-18/h3,5-8,10-11,14H,2,4,9,12H2,1H3,(H,20,23,24,25)/t14-/m0/s1. The van der Waals surface area contributed by atoms with Gasteiger partial charge in [0, 0.05) is 49.9 Å². The van der Waals surface area contributed by atoms with Crippen molar-refractivity contribution in [1.82, 2.24) is 29.9 Å². The van der Waals surface area contributed by atoms with E-state index in [1.165, 1.54) is 0 Å². The molecule has 1 aliphatic heterocycles. The molecule has 0 unspecified atom stereocenters. The molecule has 0 saturated carbocycles. The molecule has 1 N–H and O–H groups in total. The van der Waals surface area contributed by atoms with Crippen LogP contribution in [0.5, 0.6) is 0 Å². The molecule has 8 nitrogen and oxygen atoms in total. The van der Waals surface area contributed by atoms with Gasteiger partial charge >= 0.3 is 0 Å². The van der Waals surface area contributed by atoms with Crippen LogP contribution in [-0.2, 0) is 0 Å². The molecule has 3 aromatic heterocycles. The summed E-state index contributed by atoms with van der Waals surface area (Å²) >= 11 is 0. The largest absolute Gasteiger partial charge is 0.340 e. The fourth-order valence-corrected chi connectivity index (χ4v) is 3.21. The van der Waals surface area contributed by atoms with Gasteiger partial charge in [-0.3, -0.25) is 4.98 Å². The molecule has 132 valence electrons. The van der Waals surface area contributed by atoms with Gasteiger partial charge in [0.25, 0.3) is 0 Å². The van der Waals surface area contributed by atoms with E-state index in [0.29, 0.717) is 11.7 Å². The zero-order valence-corrected chi connectivity index (χ0v) is 14.6. The summed E-state index contributed by atoms with van der Waals surface area (Å²) in [6.45, 7) is 3.73. The summed E-state index contributed by atoms with van der Waals surface area (Å²) in [7, 11) is 0. The van der Waals surface area contributed by atoms with Gasteiger partial charge in [0.05, 0.1) is 11.9 Å². The van der Waals surface area contributed by atoms with Crippen molar-refractivity contribution < 1.29 is 0 Å². The summed E-state index contributed by atoms with van der Waals surface area (Å²) in [5.74, 6) is 3.24. The molecule has 4 heterocycles. The lowest BCUT2D eigenvalue weighted by atomic mass is 9.94. The highest BCUT2D eigenvalue weighted by Crippen LogP contribution is 2.28. The Morgan fingerprint density at radius 3 is 2.73 bits per heavy atom. The lowest BCUT2D eigenvalue weighted by molar-refractivity contribution is 0.494. The van der Waals surface area contributed by atoms with Gasteiger partial charge in [-0.1, -0.05) is 0 Å². The van der Waals surface area contributed by atoms with Crippen molar-refractivity contribution in [3.63, 3.8) is 0 Å². The number of nitrogens with one attached hydrogen (secondary N) is 1. The molecule has 1 saturated heterocycles. The predicted molar refractivity (Wildman–Crippen MR) is 98.3 cm³/mol. The Bertz CT molecular complexity index is 856. The zero-order valence-electron chi connectivity index (χ0n) is 14.6. The number of aryl methyl sites for hydroxylation is 1. The first kappa shape index (κ1) is 16.3. The van der Waals surface area contributed by atoms with Crippen molar-refractivity contribution in [2.24, 2.45) is 0 Å². The smallest absolute Gasteiger partial charge is 0.225 e. The van der Waals surface area contributed by atoms with Crippen molar-refractivity contribution in [3.8, 4) is 0 Å². The molecule has 0 amide bonds. The summed E-state index contributed by atoms with van der Waals surface area (Å²) in [4.78, 5) is 28.4. The summed E-state index contributed by atoms with van der Waals surface area (Å²) in [6.07, 6.45) is 10.7. The molecule has 0 aliphatic carbocycles. The van der Waals surface area contributed by atoms with Gasteiger partial charge < -0.3 is 10.2 Å². The van der Waals surface area contributed by atoms with E-state index in [9.17, 15) is 0 Å². The molecule has 0 radical (unpaired) electrons. The van der Waals surface area contributed by atoms with Crippen LogP contribution in [-0.4, -0.2) is 43.0 Å². The predicted octanol–water partition coefficient (Wildman–Crippen LogP) is 2.49. The Balaban J connectivity index is 1.55. The van der Waals surface area contributed by atoms with E-state index in [1.54, 1.807) is 31.0 Å². The number of piperidine rings is 1. The van der Waals surface area contributed by atoms with E-state index in [1.807, 2.05) is 19.1 Å². The minimum Gasteiger partial charge on any atom is -0.340 e. The van der Waals surface area contributed by atoms with Crippen molar-refractivity contribution in [3.05, 3.63) is 54.6 Å². The summed E-state index contributed by atoms with van der Waals surface area (Å²) in [6, 6.07) is 3.84. The van der Waals surface area contributed by atoms with Gasteiger partial charge in [-0.15, -0.1) is 0 Å². The van der Waals surface area contributed by atoms with Crippen LogP contribution < -0.4 is 10.2 Å². The molecule has 0 aromatic carbocycles. The number of hydrogen-bond acceptors (Lipinski definition) is 8. The lowest BCUT2D eigenvalue weighted by Gasteiger charge is -2.32. The van der Waals surface area contributed by atoms with Crippen LogP contribution >= 0.6 is 0 Å². The van der Waals surface area contributed by atoms with Gasteiger partial charge in [-0.2, -0.15) is 0 Å². The second kappa shape index (κ2) is 7.38. The Hall–Kier alpha value is -3.16. The quantitative estimate of drug-likeness (QED) is 0.769. The average Bonchev–Trinajstić information content (AvgIpc) is 2.69. The van der Waals surface area contributed by atoms with E-state index < -0.39 is 0 Å². The fraction of sp³-hybridized carbons (Fsp3) is 0.333. The second-order valence-electron chi connectivity index (χ2n) is 6.27. The maximum absolute atomic E-state index is 4.67. The molecular formula is C18H20N8. The van der Waals surface area contributed by atoms with E-state index >= 15 is 0 Å². The van der Waals surface area contributed by atoms with Gasteiger partial charge in [0.2, 0.25) is 5.95 Å². The van der Waals surface area contributed by atoms with Crippen LogP contribution in [0.2, 0.25) is 0 Å². The van der Waals surface area contributed by atoms with Crippen LogP contribution in [0.4, 0.5) is 17.6 Å². The summed E-state index contributed by atoms with van der Waals surface area (Å²) < 4.78 is 0. The van der Waals surface area contributed by atoms with Crippen LogP contribution in [0.25, 0.3) is 0 Å². The Morgan fingerprint density at radius 2 is 1.92 bits per heavy atom. The Kier molecular flexibility index (Phi) is 4.63. The third kappa shape index (κ3) is 3.74. The molecule has 0 bridgehead atoms. The van der Waals surface area contributed by atoms with Crippen LogP contribution in [0.3, 0.4) is 0 Å². The number of hydrogen-bond donors (Lipinski definition) is 1. The van der Waals surface area contributed by atoms with Gasteiger partial charge in [-0.25, -0.2) is 24.9 Å². The van der Waals surface area contributed by atoms with E-state index in [-0.39, 0.29) is 0 Å². The summed E-state index contributed by atoms with van der Waals surface area (Å²) in [5.41, 5.74) is 1.03. The highest BCUT2D eigenvalue weighted by atomic mass is 15.3. The van der Waals surface area contributed by atoms with E-state index in [4.69, 9.17) is 0 Å². The van der Waals surface area contributed by atoms with Crippen LogP contribution in [0, 0.1) is 6.92 Å². The van der Waals surface area contributed by atoms with E-state index in [0.717, 1.165) is 49.2 Å². The third-order valence-corrected chi connectivity index (χ3v) is 4.35. The third-order valence-electron chi connectivity index (χ3n) is 4.35. The molecule has 1 fully saturated rings. The maximum atomic E-state index is 4.67. The van der Waals surface area contributed by atoms with Crippen LogP contribution in [0.15, 0.2) is 43.1 Å². The number of rotatable bonds is 4. The minimum atomic E-state index is 0.316. The molecule has 0 spiro atoms. The van der Waals surface area contributed by atoms with Crippen molar-refractivity contribution in [1.29, 1.82) is 0 Å². The van der Waals surface area contributed by atoms with E-state index in [2.05, 4.69) is 40.1 Å². The molecular weight excluding hydrogens is 328 g/mol. The zero-order chi connectivity index (χ0) is 17.8. The maximum Gasteiger partial charge on any atom is 0.225 e. The Morgan fingerprint density at radius 1 is 1.04 bits per heavy atom. The minimum absolute atomic E-state index is 0.316. The molecule has 1 aliphatic rings. The van der Waals surface area contributed by atoms with Crippen molar-refractivity contribution in [2.75, 3.05) is 23.3 Å². The molecule has 1 atom stereocenters. The van der Waals surface area contributed by atoms with Gasteiger partial charge in [0.1, 0.15) is 17.5 Å². The topological polar surface area (TPSA) is 92.6 Å². The normalized spacial score (nSPS) is 17.1. The van der Waals surface area contributed by atoms with Gasteiger partial charge in [0.15, 0.2) is 0 Å². The second-order valence-corrected chi connectivity index (χ2v) is 6.27. The monoisotopic (exact) mass is 348 g/mol. The molecule has 3 aromatic rings. The fourth-order valence-electron chi connectivity index (χ4n) is 3.21.